The van der Waals surface area contributed by atoms with Gasteiger partial charge in [-0.1, -0.05) is 6.07 Å². The van der Waals surface area contributed by atoms with Gasteiger partial charge < -0.3 is 14.6 Å². The first kappa shape index (κ1) is 15.6. The molecule has 0 aliphatic carbocycles. The molecule has 5 heteroatoms. The molecule has 2 rings (SSSR count). The Bertz CT molecular complexity index is 494. The summed E-state index contributed by atoms with van der Waals surface area (Å²) in [6.45, 7) is 1.70. The van der Waals surface area contributed by atoms with Crippen LogP contribution in [0.4, 0.5) is 0 Å². The second kappa shape index (κ2) is 7.88. The number of hydrogen-bond acceptors (Lipinski definition) is 5. The Labute approximate surface area is 129 Å². The third-order valence-electron chi connectivity index (χ3n) is 3.14. The molecule has 2 heterocycles. The van der Waals surface area contributed by atoms with E-state index in [-0.39, 0.29) is 0 Å². The molecule has 0 aliphatic heterocycles. The Hall–Kier alpha value is -0.750. The molecule has 20 heavy (non-hydrogen) atoms. The standard InChI is InChI=1S/C15H22N2OS2/c1-17(2)14(15-5-4-8-20-15)10-16-9-12-6-7-13(18-12)11-19-3/h4-8,14,16H,9-11H2,1-3H3. The van der Waals surface area contributed by atoms with E-state index in [9.17, 15) is 0 Å². The van der Waals surface area contributed by atoms with E-state index in [2.05, 4.69) is 60.2 Å². The summed E-state index contributed by atoms with van der Waals surface area (Å²) in [5, 5.41) is 5.62. The van der Waals surface area contributed by atoms with Crippen molar-refractivity contribution >= 4 is 23.1 Å². The van der Waals surface area contributed by atoms with Crippen molar-refractivity contribution in [3.63, 3.8) is 0 Å². The Kier molecular flexibility index (Phi) is 6.16. The molecule has 0 amide bonds. The quantitative estimate of drug-likeness (QED) is 0.806. The van der Waals surface area contributed by atoms with E-state index in [1.807, 2.05) is 11.3 Å². The molecule has 1 atom stereocenters. The largest absolute Gasteiger partial charge is 0.464 e. The monoisotopic (exact) mass is 310 g/mol. The zero-order chi connectivity index (χ0) is 14.4. The van der Waals surface area contributed by atoms with Crippen molar-refractivity contribution in [3.8, 4) is 0 Å². The van der Waals surface area contributed by atoms with Gasteiger partial charge in [0.15, 0.2) is 0 Å². The first-order valence-corrected chi connectivity index (χ1v) is 8.95. The molecule has 0 aliphatic rings. The average Bonchev–Trinajstić information content (AvgIpc) is 3.06. The molecule has 0 saturated heterocycles. The summed E-state index contributed by atoms with van der Waals surface area (Å²) >= 11 is 3.59. The van der Waals surface area contributed by atoms with Crippen LogP contribution in [0, 0.1) is 0 Å². The van der Waals surface area contributed by atoms with Crippen molar-refractivity contribution in [2.45, 2.75) is 18.3 Å². The number of furan rings is 1. The molecule has 0 spiro atoms. The van der Waals surface area contributed by atoms with Crippen molar-refractivity contribution < 1.29 is 4.42 Å². The van der Waals surface area contributed by atoms with Gasteiger partial charge in [-0.15, -0.1) is 11.3 Å². The van der Waals surface area contributed by atoms with Crippen molar-refractivity contribution in [2.75, 3.05) is 26.9 Å². The van der Waals surface area contributed by atoms with E-state index in [0.717, 1.165) is 30.4 Å². The lowest BCUT2D eigenvalue weighted by Gasteiger charge is -2.23. The van der Waals surface area contributed by atoms with Gasteiger partial charge in [0.2, 0.25) is 0 Å². The fraction of sp³-hybridized carbons (Fsp3) is 0.467. The minimum Gasteiger partial charge on any atom is -0.464 e. The van der Waals surface area contributed by atoms with E-state index in [1.165, 1.54) is 4.88 Å². The first-order valence-electron chi connectivity index (χ1n) is 6.67. The Morgan fingerprint density at radius 3 is 2.75 bits per heavy atom. The second-order valence-corrected chi connectivity index (χ2v) is 6.77. The van der Waals surface area contributed by atoms with Crippen LogP contribution >= 0.6 is 23.1 Å². The lowest BCUT2D eigenvalue weighted by atomic mass is 10.2. The van der Waals surface area contributed by atoms with Crippen LogP contribution in [0.3, 0.4) is 0 Å². The highest BCUT2D eigenvalue weighted by molar-refractivity contribution is 7.97. The maximum atomic E-state index is 5.76. The van der Waals surface area contributed by atoms with Gasteiger partial charge in [-0.2, -0.15) is 11.8 Å². The third kappa shape index (κ3) is 4.38. The maximum Gasteiger partial charge on any atom is 0.118 e. The molecular weight excluding hydrogens is 288 g/mol. The minimum absolute atomic E-state index is 0.413. The fourth-order valence-corrected chi connectivity index (χ4v) is 3.45. The average molecular weight is 310 g/mol. The zero-order valence-corrected chi connectivity index (χ0v) is 13.9. The number of likely N-dealkylation sites (N-methyl/N-ethyl adjacent to an activating group) is 1. The predicted molar refractivity (Wildman–Crippen MR) is 88.4 cm³/mol. The number of nitrogens with zero attached hydrogens (tertiary/aromatic N) is 1. The van der Waals surface area contributed by atoms with E-state index < -0.39 is 0 Å². The minimum atomic E-state index is 0.413. The van der Waals surface area contributed by atoms with Crippen LogP contribution in [0.5, 0.6) is 0 Å². The number of hydrogen-bond donors (Lipinski definition) is 1. The predicted octanol–water partition coefficient (Wildman–Crippen LogP) is 3.60. The van der Waals surface area contributed by atoms with Crippen LogP contribution in [-0.2, 0) is 12.3 Å². The first-order chi connectivity index (χ1) is 9.70. The second-order valence-electron chi connectivity index (χ2n) is 4.93. The van der Waals surface area contributed by atoms with Gasteiger partial charge in [0, 0.05) is 11.4 Å². The smallest absolute Gasteiger partial charge is 0.118 e. The van der Waals surface area contributed by atoms with Gasteiger partial charge in [0.1, 0.15) is 11.5 Å². The van der Waals surface area contributed by atoms with Crippen LogP contribution < -0.4 is 5.32 Å². The third-order valence-corrected chi connectivity index (χ3v) is 4.68. The highest BCUT2D eigenvalue weighted by Gasteiger charge is 2.14. The van der Waals surface area contributed by atoms with Gasteiger partial charge in [0.05, 0.1) is 18.3 Å². The SMILES string of the molecule is CSCc1ccc(CNCC(c2cccs2)N(C)C)o1. The van der Waals surface area contributed by atoms with Crippen molar-refractivity contribution in [3.05, 3.63) is 46.0 Å². The Morgan fingerprint density at radius 2 is 2.10 bits per heavy atom. The molecule has 1 N–H and O–H groups in total. The molecule has 0 saturated carbocycles. The van der Waals surface area contributed by atoms with Crippen LogP contribution in [0.2, 0.25) is 0 Å². The lowest BCUT2D eigenvalue weighted by molar-refractivity contribution is 0.289. The van der Waals surface area contributed by atoms with E-state index in [0.29, 0.717) is 6.04 Å². The molecule has 3 nitrogen and oxygen atoms in total. The highest BCUT2D eigenvalue weighted by Crippen LogP contribution is 2.22. The van der Waals surface area contributed by atoms with E-state index >= 15 is 0 Å². The molecule has 0 radical (unpaired) electrons. The van der Waals surface area contributed by atoms with E-state index in [4.69, 9.17) is 4.42 Å². The number of rotatable bonds is 8. The van der Waals surface area contributed by atoms with Crippen molar-refractivity contribution in [1.82, 2.24) is 10.2 Å². The Balaban J connectivity index is 1.84. The van der Waals surface area contributed by atoms with Crippen LogP contribution in [0.25, 0.3) is 0 Å². The van der Waals surface area contributed by atoms with Crippen LogP contribution in [0.1, 0.15) is 22.4 Å². The Morgan fingerprint density at radius 1 is 1.30 bits per heavy atom. The normalized spacial score (nSPS) is 13.0. The van der Waals surface area contributed by atoms with E-state index in [1.54, 1.807) is 11.8 Å². The molecule has 2 aromatic rings. The maximum absolute atomic E-state index is 5.76. The summed E-state index contributed by atoms with van der Waals surface area (Å²) < 4.78 is 5.76. The molecular formula is C15H22N2OS2. The van der Waals surface area contributed by atoms with Crippen molar-refractivity contribution in [2.24, 2.45) is 0 Å². The molecule has 0 bridgehead atoms. The molecule has 2 aromatic heterocycles. The van der Waals surface area contributed by atoms with Crippen molar-refractivity contribution in [1.29, 1.82) is 0 Å². The summed E-state index contributed by atoms with van der Waals surface area (Å²) in [5.74, 6) is 3.00. The summed E-state index contributed by atoms with van der Waals surface area (Å²) in [4.78, 5) is 3.64. The molecule has 110 valence electrons. The molecule has 1 unspecified atom stereocenters. The van der Waals surface area contributed by atoms with Gasteiger partial charge in [-0.3, -0.25) is 0 Å². The molecule has 0 fully saturated rings. The van der Waals surface area contributed by atoms with Crippen LogP contribution in [-0.4, -0.2) is 31.8 Å². The zero-order valence-electron chi connectivity index (χ0n) is 12.3. The lowest BCUT2D eigenvalue weighted by Crippen LogP contribution is -2.30. The van der Waals surface area contributed by atoms with Crippen LogP contribution in [0.15, 0.2) is 34.1 Å². The summed E-state index contributed by atoms with van der Waals surface area (Å²) in [6, 6.07) is 8.85. The topological polar surface area (TPSA) is 28.4 Å². The number of thioether (sulfide) groups is 1. The number of nitrogens with one attached hydrogen (secondary N) is 1. The van der Waals surface area contributed by atoms with Gasteiger partial charge >= 0.3 is 0 Å². The number of thiophene rings is 1. The summed E-state index contributed by atoms with van der Waals surface area (Å²) in [5.41, 5.74) is 0. The summed E-state index contributed by atoms with van der Waals surface area (Å²) in [6.07, 6.45) is 2.09. The fourth-order valence-electron chi connectivity index (χ4n) is 2.09. The van der Waals surface area contributed by atoms with Gasteiger partial charge in [-0.25, -0.2) is 0 Å². The summed E-state index contributed by atoms with van der Waals surface area (Å²) in [7, 11) is 4.24. The molecule has 0 aromatic carbocycles. The van der Waals surface area contributed by atoms with Gasteiger partial charge in [-0.05, 0) is 43.9 Å². The van der Waals surface area contributed by atoms with Gasteiger partial charge in [0.25, 0.3) is 0 Å². The highest BCUT2D eigenvalue weighted by atomic mass is 32.2.